The first-order chi connectivity index (χ1) is 9.07. The van der Waals surface area contributed by atoms with Gasteiger partial charge in [0.15, 0.2) is 5.60 Å². The first kappa shape index (κ1) is 12.5. The van der Waals surface area contributed by atoms with Crippen LogP contribution in [0.5, 0.6) is 5.75 Å². The fourth-order valence-corrected chi connectivity index (χ4v) is 3.29. The van der Waals surface area contributed by atoms with Crippen LogP contribution in [-0.4, -0.2) is 25.8 Å². The third-order valence-electron chi connectivity index (χ3n) is 4.40. The molecule has 1 spiro atoms. The number of hydrogen-bond donors (Lipinski definition) is 0. The van der Waals surface area contributed by atoms with Crippen molar-refractivity contribution in [3.63, 3.8) is 0 Å². The SMILES string of the molecule is COC(=O)C1(C)OC12CCCc1cc(OC)ccc12. The summed E-state index contributed by atoms with van der Waals surface area (Å²) in [6.07, 6.45) is 2.86. The van der Waals surface area contributed by atoms with Crippen molar-refractivity contribution in [3.05, 3.63) is 29.3 Å². The summed E-state index contributed by atoms with van der Waals surface area (Å²) >= 11 is 0. The van der Waals surface area contributed by atoms with E-state index in [1.165, 1.54) is 12.7 Å². The van der Waals surface area contributed by atoms with Crippen molar-refractivity contribution in [1.82, 2.24) is 0 Å². The van der Waals surface area contributed by atoms with Crippen LogP contribution in [0.4, 0.5) is 0 Å². The Kier molecular flexibility index (Phi) is 2.61. The van der Waals surface area contributed by atoms with Crippen LogP contribution in [0.15, 0.2) is 18.2 Å². The van der Waals surface area contributed by atoms with E-state index in [9.17, 15) is 4.79 Å². The number of hydrogen-bond acceptors (Lipinski definition) is 4. The van der Waals surface area contributed by atoms with Gasteiger partial charge in [-0.15, -0.1) is 0 Å². The lowest BCUT2D eigenvalue weighted by Gasteiger charge is -2.25. The zero-order chi connectivity index (χ0) is 13.7. The van der Waals surface area contributed by atoms with Gasteiger partial charge in [-0.3, -0.25) is 0 Å². The molecule has 102 valence electrons. The number of rotatable bonds is 2. The Hall–Kier alpha value is -1.55. The van der Waals surface area contributed by atoms with Crippen LogP contribution in [0.25, 0.3) is 0 Å². The number of ether oxygens (including phenoxy) is 3. The quantitative estimate of drug-likeness (QED) is 0.605. The van der Waals surface area contributed by atoms with E-state index in [4.69, 9.17) is 14.2 Å². The van der Waals surface area contributed by atoms with E-state index in [1.54, 1.807) is 7.11 Å². The van der Waals surface area contributed by atoms with Crippen molar-refractivity contribution >= 4 is 5.97 Å². The lowest BCUT2D eigenvalue weighted by atomic mass is 9.76. The van der Waals surface area contributed by atoms with Crippen LogP contribution < -0.4 is 4.74 Å². The summed E-state index contributed by atoms with van der Waals surface area (Å²) in [6, 6.07) is 5.97. The molecular weight excluding hydrogens is 244 g/mol. The third kappa shape index (κ3) is 1.53. The summed E-state index contributed by atoms with van der Waals surface area (Å²) in [4.78, 5) is 11.9. The van der Waals surface area contributed by atoms with Gasteiger partial charge in [0.25, 0.3) is 0 Å². The molecule has 1 heterocycles. The van der Waals surface area contributed by atoms with E-state index < -0.39 is 11.2 Å². The third-order valence-corrected chi connectivity index (χ3v) is 4.40. The molecule has 19 heavy (non-hydrogen) atoms. The summed E-state index contributed by atoms with van der Waals surface area (Å²) in [5.74, 6) is 0.549. The molecule has 2 aliphatic rings. The second-order valence-corrected chi connectivity index (χ2v) is 5.33. The molecule has 0 aromatic heterocycles. The van der Waals surface area contributed by atoms with Crippen LogP contribution >= 0.6 is 0 Å². The molecule has 0 amide bonds. The van der Waals surface area contributed by atoms with E-state index in [0.717, 1.165) is 30.6 Å². The molecule has 0 bridgehead atoms. The zero-order valence-corrected chi connectivity index (χ0v) is 11.5. The van der Waals surface area contributed by atoms with Gasteiger partial charge in [0, 0.05) is 0 Å². The van der Waals surface area contributed by atoms with Gasteiger partial charge in [-0.2, -0.15) is 0 Å². The molecule has 3 rings (SSSR count). The predicted octanol–water partition coefficient (Wildman–Crippen LogP) is 2.19. The predicted molar refractivity (Wildman–Crippen MR) is 69.1 cm³/mol. The number of carbonyl (C=O) groups is 1. The van der Waals surface area contributed by atoms with Gasteiger partial charge in [0.05, 0.1) is 14.2 Å². The first-order valence-electron chi connectivity index (χ1n) is 6.53. The van der Waals surface area contributed by atoms with Gasteiger partial charge in [-0.1, -0.05) is 6.07 Å². The smallest absolute Gasteiger partial charge is 0.341 e. The number of carbonyl (C=O) groups excluding carboxylic acids is 1. The average molecular weight is 262 g/mol. The van der Waals surface area contributed by atoms with Crippen LogP contribution in [0.1, 0.15) is 30.9 Å². The summed E-state index contributed by atoms with van der Waals surface area (Å²) < 4.78 is 16.0. The van der Waals surface area contributed by atoms with Crippen molar-refractivity contribution < 1.29 is 19.0 Å². The Bertz CT molecular complexity index is 539. The normalized spacial score (nSPS) is 31.7. The second kappa shape index (κ2) is 3.97. The van der Waals surface area contributed by atoms with Crippen molar-refractivity contribution in [2.75, 3.05) is 14.2 Å². The molecule has 0 radical (unpaired) electrons. The Morgan fingerprint density at radius 1 is 1.37 bits per heavy atom. The molecule has 0 N–H and O–H groups in total. The van der Waals surface area contributed by atoms with Crippen molar-refractivity contribution in [2.24, 2.45) is 0 Å². The molecule has 1 saturated heterocycles. The molecule has 0 saturated carbocycles. The lowest BCUT2D eigenvalue weighted by molar-refractivity contribution is -0.146. The summed E-state index contributed by atoms with van der Waals surface area (Å²) in [5, 5.41) is 0. The fourth-order valence-electron chi connectivity index (χ4n) is 3.29. The first-order valence-corrected chi connectivity index (χ1v) is 6.53. The van der Waals surface area contributed by atoms with Crippen LogP contribution in [-0.2, 0) is 26.3 Å². The molecule has 4 heteroatoms. The molecule has 2 unspecified atom stereocenters. The highest BCUT2D eigenvalue weighted by atomic mass is 16.7. The molecule has 1 fully saturated rings. The number of benzene rings is 1. The topological polar surface area (TPSA) is 48.1 Å². The minimum absolute atomic E-state index is 0.295. The summed E-state index contributed by atoms with van der Waals surface area (Å²) in [6.45, 7) is 1.82. The molecule has 1 aliphatic carbocycles. The number of epoxide rings is 1. The van der Waals surface area contributed by atoms with Crippen molar-refractivity contribution in [1.29, 1.82) is 0 Å². The minimum Gasteiger partial charge on any atom is -0.497 e. The molecule has 2 atom stereocenters. The summed E-state index contributed by atoms with van der Waals surface area (Å²) in [5.41, 5.74) is 0.969. The molecule has 1 aliphatic heterocycles. The van der Waals surface area contributed by atoms with Crippen LogP contribution in [0.3, 0.4) is 0 Å². The van der Waals surface area contributed by atoms with Gasteiger partial charge in [-0.25, -0.2) is 4.79 Å². The van der Waals surface area contributed by atoms with Crippen LogP contribution in [0.2, 0.25) is 0 Å². The minimum atomic E-state index is -0.842. The van der Waals surface area contributed by atoms with Gasteiger partial charge in [0.1, 0.15) is 11.4 Å². The molecular formula is C15H18O4. The molecule has 1 aromatic rings. The highest BCUT2D eigenvalue weighted by molar-refractivity contribution is 5.85. The maximum Gasteiger partial charge on any atom is 0.341 e. The zero-order valence-electron chi connectivity index (χ0n) is 11.5. The van der Waals surface area contributed by atoms with E-state index in [-0.39, 0.29) is 5.97 Å². The van der Waals surface area contributed by atoms with Gasteiger partial charge in [-0.05, 0) is 49.4 Å². The Morgan fingerprint density at radius 3 is 2.84 bits per heavy atom. The monoisotopic (exact) mass is 262 g/mol. The van der Waals surface area contributed by atoms with Gasteiger partial charge < -0.3 is 14.2 Å². The van der Waals surface area contributed by atoms with E-state index in [2.05, 4.69) is 0 Å². The number of esters is 1. The highest BCUT2D eigenvalue weighted by Gasteiger charge is 2.73. The van der Waals surface area contributed by atoms with Gasteiger partial charge >= 0.3 is 5.97 Å². The number of fused-ring (bicyclic) bond motifs is 2. The number of methoxy groups -OCH3 is 2. The molecule has 1 aromatic carbocycles. The Morgan fingerprint density at radius 2 is 2.16 bits per heavy atom. The van der Waals surface area contributed by atoms with E-state index in [0.29, 0.717) is 0 Å². The lowest BCUT2D eigenvalue weighted by Crippen LogP contribution is -2.33. The van der Waals surface area contributed by atoms with E-state index in [1.807, 2.05) is 25.1 Å². The average Bonchev–Trinajstić information content (AvgIpc) is 3.04. The standard InChI is InChI=1S/C15H18O4/c1-14(13(16)18-3)15(19-14)8-4-5-10-9-11(17-2)6-7-12(10)15/h6-7,9H,4-5,8H2,1-3H3. The molecule has 4 nitrogen and oxygen atoms in total. The van der Waals surface area contributed by atoms with Crippen molar-refractivity contribution in [3.8, 4) is 5.75 Å². The largest absolute Gasteiger partial charge is 0.497 e. The fraction of sp³-hybridized carbons (Fsp3) is 0.533. The Balaban J connectivity index is 2.03. The Labute approximate surface area is 112 Å². The van der Waals surface area contributed by atoms with E-state index >= 15 is 0 Å². The van der Waals surface area contributed by atoms with Crippen molar-refractivity contribution in [2.45, 2.75) is 37.4 Å². The maximum atomic E-state index is 11.9. The maximum absolute atomic E-state index is 11.9. The van der Waals surface area contributed by atoms with Crippen LogP contribution in [0, 0.1) is 0 Å². The second-order valence-electron chi connectivity index (χ2n) is 5.33. The summed E-state index contributed by atoms with van der Waals surface area (Å²) in [7, 11) is 3.06. The van der Waals surface area contributed by atoms with Gasteiger partial charge in [0.2, 0.25) is 0 Å². The number of aryl methyl sites for hydroxylation is 1. The highest BCUT2D eigenvalue weighted by Crippen LogP contribution is 2.61.